The lowest BCUT2D eigenvalue weighted by atomic mass is 10.1. The number of hydrogen-bond donors (Lipinski definition) is 1. The summed E-state index contributed by atoms with van der Waals surface area (Å²) < 4.78 is 27.7. The lowest BCUT2D eigenvalue weighted by molar-refractivity contribution is -0.137. The average molecular weight is 268 g/mol. The molecule has 0 aromatic heterocycles. The van der Waals surface area contributed by atoms with E-state index in [0.29, 0.717) is 0 Å². The number of halogens is 2. The molecule has 19 heavy (non-hydrogen) atoms. The Bertz CT molecular complexity index is 491. The number of nitrogens with one attached hydrogen (secondary N) is 1. The smallest absolute Gasteiger partial charge is 0.285 e. The molecule has 1 unspecified atom stereocenters. The van der Waals surface area contributed by atoms with Crippen LogP contribution in [0.3, 0.4) is 0 Å². The zero-order valence-electron chi connectivity index (χ0n) is 10.4. The molecule has 1 aromatic carbocycles. The van der Waals surface area contributed by atoms with E-state index in [1.54, 1.807) is 6.07 Å². The Balaban J connectivity index is 1.99. The SMILES string of the molecule is CN1C(=O)CC(NCC(F)(F)c2ccccc2)C1=O. The summed E-state index contributed by atoms with van der Waals surface area (Å²) in [7, 11) is 1.35. The predicted octanol–water partition coefficient (Wildman–Crippen LogP) is 1.13. The molecule has 6 heteroatoms. The van der Waals surface area contributed by atoms with E-state index in [4.69, 9.17) is 0 Å². The number of alkyl halides is 2. The second kappa shape index (κ2) is 5.05. The molecule has 1 aromatic rings. The van der Waals surface area contributed by atoms with Crippen LogP contribution in [0.25, 0.3) is 0 Å². The van der Waals surface area contributed by atoms with Gasteiger partial charge >= 0.3 is 0 Å². The van der Waals surface area contributed by atoms with Gasteiger partial charge in [-0.1, -0.05) is 30.3 Å². The molecule has 2 rings (SSSR count). The number of carbonyl (C=O) groups is 2. The summed E-state index contributed by atoms with van der Waals surface area (Å²) >= 11 is 0. The lowest BCUT2D eigenvalue weighted by Crippen LogP contribution is -2.42. The number of imide groups is 1. The summed E-state index contributed by atoms with van der Waals surface area (Å²) in [6.07, 6.45) is -0.0692. The van der Waals surface area contributed by atoms with Crippen LogP contribution >= 0.6 is 0 Å². The molecule has 1 atom stereocenters. The van der Waals surface area contributed by atoms with Crippen LogP contribution in [0.2, 0.25) is 0 Å². The second-order valence-electron chi connectivity index (χ2n) is 4.50. The standard InChI is InChI=1S/C13H14F2N2O2/c1-17-11(18)7-10(12(17)19)16-8-13(14,15)9-5-3-2-4-6-9/h2-6,10,16H,7-8H2,1H3. The fourth-order valence-electron chi connectivity index (χ4n) is 1.95. The number of likely N-dealkylation sites (N-methyl/N-ethyl adjacent to an activating group) is 1. The van der Waals surface area contributed by atoms with Gasteiger partial charge in [0.05, 0.1) is 19.0 Å². The molecule has 0 saturated carbocycles. The first-order chi connectivity index (χ1) is 8.92. The van der Waals surface area contributed by atoms with Gasteiger partial charge in [0.15, 0.2) is 0 Å². The minimum absolute atomic E-state index is 0.0692. The van der Waals surface area contributed by atoms with Gasteiger partial charge in [-0.3, -0.25) is 19.8 Å². The van der Waals surface area contributed by atoms with Crippen molar-refractivity contribution in [3.63, 3.8) is 0 Å². The van der Waals surface area contributed by atoms with Crippen molar-refractivity contribution in [2.75, 3.05) is 13.6 Å². The van der Waals surface area contributed by atoms with Crippen molar-refractivity contribution in [1.29, 1.82) is 0 Å². The Labute approximate surface area is 109 Å². The molecule has 0 aliphatic carbocycles. The molecule has 1 fully saturated rings. The van der Waals surface area contributed by atoms with E-state index < -0.39 is 24.4 Å². The first-order valence-electron chi connectivity index (χ1n) is 5.89. The first-order valence-corrected chi connectivity index (χ1v) is 5.89. The van der Waals surface area contributed by atoms with Crippen molar-refractivity contribution in [2.45, 2.75) is 18.4 Å². The van der Waals surface area contributed by atoms with Gasteiger partial charge in [-0.2, -0.15) is 8.78 Å². The summed E-state index contributed by atoms with van der Waals surface area (Å²) in [5.74, 6) is -3.90. The normalized spacial score (nSPS) is 20.2. The molecule has 0 spiro atoms. The second-order valence-corrected chi connectivity index (χ2v) is 4.50. The minimum atomic E-state index is -3.08. The van der Waals surface area contributed by atoms with E-state index in [1.807, 2.05) is 0 Å². The van der Waals surface area contributed by atoms with Crippen molar-refractivity contribution in [3.8, 4) is 0 Å². The van der Waals surface area contributed by atoms with Crippen LogP contribution in [0.1, 0.15) is 12.0 Å². The van der Waals surface area contributed by atoms with Crippen LogP contribution in [0.15, 0.2) is 30.3 Å². The van der Waals surface area contributed by atoms with Crippen LogP contribution in [0.4, 0.5) is 8.78 Å². The highest BCUT2D eigenvalue weighted by molar-refractivity contribution is 6.05. The highest BCUT2D eigenvalue weighted by Crippen LogP contribution is 2.27. The molecule has 1 aliphatic rings. The molecule has 102 valence electrons. The number of benzene rings is 1. The summed E-state index contributed by atoms with van der Waals surface area (Å²) in [5, 5.41) is 2.47. The zero-order chi connectivity index (χ0) is 14.0. The van der Waals surface area contributed by atoms with Gasteiger partial charge in [0, 0.05) is 12.6 Å². The molecule has 1 heterocycles. The third-order valence-electron chi connectivity index (χ3n) is 3.15. The van der Waals surface area contributed by atoms with Crippen molar-refractivity contribution < 1.29 is 18.4 Å². The molecular formula is C13H14F2N2O2. The lowest BCUT2D eigenvalue weighted by Gasteiger charge is -2.19. The van der Waals surface area contributed by atoms with Crippen LogP contribution in [0, 0.1) is 0 Å². The summed E-state index contributed by atoms with van der Waals surface area (Å²) in [4.78, 5) is 23.8. The minimum Gasteiger partial charge on any atom is -0.299 e. The monoisotopic (exact) mass is 268 g/mol. The van der Waals surface area contributed by atoms with Gasteiger partial charge in [-0.25, -0.2) is 0 Å². The first kappa shape index (κ1) is 13.6. The molecule has 1 N–H and O–H groups in total. The van der Waals surface area contributed by atoms with Crippen LogP contribution in [-0.4, -0.2) is 36.3 Å². The highest BCUT2D eigenvalue weighted by Gasteiger charge is 2.39. The van der Waals surface area contributed by atoms with Crippen LogP contribution in [0.5, 0.6) is 0 Å². The van der Waals surface area contributed by atoms with Gasteiger partial charge in [0.1, 0.15) is 0 Å². The Morgan fingerprint density at radius 1 is 1.32 bits per heavy atom. The predicted molar refractivity (Wildman–Crippen MR) is 64.5 cm³/mol. The molecule has 0 radical (unpaired) electrons. The third kappa shape index (κ3) is 2.78. The number of amides is 2. The Morgan fingerprint density at radius 3 is 2.47 bits per heavy atom. The number of likely N-dealkylation sites (tertiary alicyclic amines) is 1. The average Bonchev–Trinajstić information content (AvgIpc) is 2.65. The fraction of sp³-hybridized carbons (Fsp3) is 0.385. The maximum atomic E-state index is 13.9. The van der Waals surface area contributed by atoms with E-state index in [-0.39, 0.29) is 17.9 Å². The van der Waals surface area contributed by atoms with Gasteiger partial charge in [0.25, 0.3) is 5.92 Å². The van der Waals surface area contributed by atoms with Crippen LogP contribution in [-0.2, 0) is 15.5 Å². The molecule has 1 saturated heterocycles. The quantitative estimate of drug-likeness (QED) is 0.833. The van der Waals surface area contributed by atoms with Gasteiger partial charge in [-0.15, -0.1) is 0 Å². The third-order valence-corrected chi connectivity index (χ3v) is 3.15. The number of nitrogens with zero attached hydrogens (tertiary/aromatic N) is 1. The van der Waals surface area contributed by atoms with Gasteiger partial charge in [0.2, 0.25) is 11.8 Å². The van der Waals surface area contributed by atoms with Crippen molar-refractivity contribution in [1.82, 2.24) is 10.2 Å². The maximum absolute atomic E-state index is 13.9. The van der Waals surface area contributed by atoms with E-state index in [9.17, 15) is 18.4 Å². The van der Waals surface area contributed by atoms with Crippen LogP contribution < -0.4 is 5.32 Å². The summed E-state index contributed by atoms with van der Waals surface area (Å²) in [5.41, 5.74) is -0.118. The van der Waals surface area contributed by atoms with E-state index >= 15 is 0 Å². The molecule has 2 amide bonds. The largest absolute Gasteiger partial charge is 0.299 e. The Morgan fingerprint density at radius 2 is 1.95 bits per heavy atom. The number of hydrogen-bond acceptors (Lipinski definition) is 3. The van der Waals surface area contributed by atoms with Gasteiger partial charge in [-0.05, 0) is 0 Å². The number of carbonyl (C=O) groups excluding carboxylic acids is 2. The Kier molecular flexibility index (Phi) is 3.61. The van der Waals surface area contributed by atoms with Gasteiger partial charge < -0.3 is 0 Å². The van der Waals surface area contributed by atoms with E-state index in [0.717, 1.165) is 4.90 Å². The summed E-state index contributed by atoms with van der Waals surface area (Å²) in [6.45, 7) is -0.672. The zero-order valence-corrected chi connectivity index (χ0v) is 10.4. The molecule has 1 aliphatic heterocycles. The summed E-state index contributed by atoms with van der Waals surface area (Å²) in [6, 6.07) is 6.52. The Hall–Kier alpha value is -1.82. The van der Waals surface area contributed by atoms with Crippen molar-refractivity contribution >= 4 is 11.8 Å². The molecular weight excluding hydrogens is 254 g/mol. The van der Waals surface area contributed by atoms with Crippen molar-refractivity contribution in [3.05, 3.63) is 35.9 Å². The highest BCUT2D eigenvalue weighted by atomic mass is 19.3. The topological polar surface area (TPSA) is 49.4 Å². The van der Waals surface area contributed by atoms with E-state index in [2.05, 4.69) is 5.32 Å². The maximum Gasteiger partial charge on any atom is 0.285 e. The molecule has 4 nitrogen and oxygen atoms in total. The molecule has 0 bridgehead atoms. The van der Waals surface area contributed by atoms with E-state index in [1.165, 1.54) is 31.3 Å². The number of rotatable bonds is 4. The van der Waals surface area contributed by atoms with Crippen molar-refractivity contribution in [2.24, 2.45) is 0 Å². The fourth-order valence-corrected chi connectivity index (χ4v) is 1.95.